The van der Waals surface area contributed by atoms with E-state index in [0.717, 1.165) is 37.5 Å². The molecule has 4 atom stereocenters. The van der Waals surface area contributed by atoms with Crippen molar-refractivity contribution in [1.82, 2.24) is 20.5 Å². The van der Waals surface area contributed by atoms with Gasteiger partial charge in [-0.1, -0.05) is 30.9 Å². The van der Waals surface area contributed by atoms with Gasteiger partial charge in [-0.2, -0.15) is 5.26 Å². The topological polar surface area (TPSA) is 130 Å². The van der Waals surface area contributed by atoms with Gasteiger partial charge in [0.25, 0.3) is 0 Å². The number of likely N-dealkylation sites (tertiary alicyclic amines) is 1. The number of H-pyrrole nitrogens is 1. The summed E-state index contributed by atoms with van der Waals surface area (Å²) in [7, 11) is 1.59. The first kappa shape index (κ1) is 28.7. The lowest BCUT2D eigenvalue weighted by Crippen LogP contribution is -2.53. The summed E-state index contributed by atoms with van der Waals surface area (Å²) in [6.07, 6.45) is 6.71. The van der Waals surface area contributed by atoms with Crippen molar-refractivity contribution in [3.8, 4) is 11.8 Å². The zero-order valence-electron chi connectivity index (χ0n) is 23.6. The molecule has 2 aromatic rings. The first-order valence-corrected chi connectivity index (χ1v) is 14.7. The summed E-state index contributed by atoms with van der Waals surface area (Å²) in [5.41, 5.74) is 0.885. The summed E-state index contributed by atoms with van der Waals surface area (Å²) in [6, 6.07) is 6.16. The highest BCUT2D eigenvalue weighted by atomic mass is 35.5. The molecule has 0 radical (unpaired) electrons. The molecule has 10 heteroatoms. The molecule has 3 fully saturated rings. The number of amides is 2. The van der Waals surface area contributed by atoms with Gasteiger partial charge in [-0.3, -0.25) is 14.5 Å². The number of aromatic nitrogens is 1. The molecule has 4 unspecified atom stereocenters. The van der Waals surface area contributed by atoms with Gasteiger partial charge in [0.05, 0.1) is 35.5 Å². The van der Waals surface area contributed by atoms with E-state index in [0.29, 0.717) is 41.4 Å². The first-order chi connectivity index (χ1) is 19.0. The maximum Gasteiger partial charge on any atom is 0.238 e. The van der Waals surface area contributed by atoms with Gasteiger partial charge in [-0.15, -0.1) is 0 Å². The molecule has 4 N–H and O–H groups in total. The maximum atomic E-state index is 13.8. The number of halogens is 1. The molecule has 3 heterocycles. The van der Waals surface area contributed by atoms with Crippen LogP contribution < -0.4 is 15.4 Å². The Morgan fingerprint density at radius 1 is 1.30 bits per heavy atom. The van der Waals surface area contributed by atoms with Crippen LogP contribution in [0.3, 0.4) is 0 Å². The molecule has 2 aliphatic heterocycles. The number of aliphatic hydroxyl groups is 1. The number of carbonyl (C=O) groups excluding carboxylic acids is 2. The van der Waals surface area contributed by atoms with Gasteiger partial charge in [0.1, 0.15) is 18.0 Å². The van der Waals surface area contributed by atoms with Crippen LogP contribution in [0.5, 0.6) is 5.75 Å². The van der Waals surface area contributed by atoms with Gasteiger partial charge in [-0.25, -0.2) is 0 Å². The van der Waals surface area contributed by atoms with Crippen molar-refractivity contribution in [2.45, 2.75) is 95.5 Å². The third-order valence-corrected chi connectivity index (χ3v) is 9.56. The van der Waals surface area contributed by atoms with Crippen molar-refractivity contribution < 1.29 is 19.4 Å². The van der Waals surface area contributed by atoms with Crippen LogP contribution in [0.15, 0.2) is 18.2 Å². The van der Waals surface area contributed by atoms with Crippen LogP contribution in [0.1, 0.15) is 83.6 Å². The monoisotopic (exact) mass is 569 g/mol. The minimum absolute atomic E-state index is 0.0560. The average Bonchev–Trinajstić information content (AvgIpc) is 3.53. The highest BCUT2D eigenvalue weighted by Crippen LogP contribution is 2.48. The third-order valence-electron chi connectivity index (χ3n) is 9.24. The van der Waals surface area contributed by atoms with Crippen molar-refractivity contribution >= 4 is 34.3 Å². The van der Waals surface area contributed by atoms with Crippen molar-refractivity contribution in [2.75, 3.05) is 13.7 Å². The molecule has 1 spiro atoms. The van der Waals surface area contributed by atoms with Crippen molar-refractivity contribution in [2.24, 2.45) is 11.3 Å². The van der Waals surface area contributed by atoms with E-state index in [9.17, 15) is 20.0 Å². The van der Waals surface area contributed by atoms with E-state index in [4.69, 9.17) is 16.3 Å². The summed E-state index contributed by atoms with van der Waals surface area (Å²) in [4.78, 5) is 31.5. The van der Waals surface area contributed by atoms with E-state index < -0.39 is 18.3 Å². The molecule has 0 bridgehead atoms. The molecule has 9 nitrogen and oxygen atoms in total. The molecule has 1 saturated carbocycles. The first-order valence-electron chi connectivity index (χ1n) is 14.4. The Morgan fingerprint density at radius 2 is 2.05 bits per heavy atom. The fourth-order valence-electron chi connectivity index (χ4n) is 7.01. The number of nitrogens with zero attached hydrogens (tertiary/aromatic N) is 2. The van der Waals surface area contributed by atoms with Gasteiger partial charge in [-0.05, 0) is 76.0 Å². The predicted octanol–water partition coefficient (Wildman–Crippen LogP) is 4.55. The number of rotatable bonds is 7. The number of piperidine rings is 1. The van der Waals surface area contributed by atoms with Crippen molar-refractivity contribution in [1.29, 1.82) is 5.26 Å². The standard InChI is InChI=1S/C30H40ClN5O4/c1-29(2)12-9-18(26(37)35-29)13-19(16-32)33-27(38)23-15-30(10-5-4-6-11-30)17-36(23)28(39)22-14-20-24(40-3)8-7-21(31)25(20)34-22/h7-8,14,18-19,23,28,34,39H,4-6,9-13,15,17H2,1-3H3,(H,33,38)(H,35,37). The third kappa shape index (κ3) is 5.67. The summed E-state index contributed by atoms with van der Waals surface area (Å²) in [5, 5.41) is 28.8. The van der Waals surface area contributed by atoms with Crippen LogP contribution in [0.4, 0.5) is 0 Å². The number of aromatic amines is 1. The molecular weight excluding hydrogens is 530 g/mol. The van der Waals surface area contributed by atoms with Gasteiger partial charge in [0.15, 0.2) is 0 Å². The number of hydrogen-bond donors (Lipinski definition) is 4. The van der Waals surface area contributed by atoms with Gasteiger partial charge in [0, 0.05) is 23.4 Å². The molecule has 1 aromatic heterocycles. The van der Waals surface area contributed by atoms with Gasteiger partial charge >= 0.3 is 0 Å². The second-order valence-corrected chi connectivity index (χ2v) is 13.0. The normalized spacial score (nSPS) is 25.8. The Kier molecular flexibility index (Phi) is 8.06. The molecule has 1 aliphatic carbocycles. The summed E-state index contributed by atoms with van der Waals surface area (Å²) >= 11 is 6.43. The van der Waals surface area contributed by atoms with E-state index >= 15 is 0 Å². The maximum absolute atomic E-state index is 13.8. The van der Waals surface area contributed by atoms with E-state index in [2.05, 4.69) is 21.7 Å². The lowest BCUT2D eigenvalue weighted by atomic mass is 9.72. The lowest BCUT2D eigenvalue weighted by Gasteiger charge is -2.36. The number of nitrogens with one attached hydrogen (secondary N) is 3. The molecule has 1 aromatic carbocycles. The Hall–Kier alpha value is -2.80. The molecule has 3 aliphatic rings. The van der Waals surface area contributed by atoms with Crippen LogP contribution in [-0.2, 0) is 9.59 Å². The number of ether oxygens (including phenoxy) is 1. The highest BCUT2D eigenvalue weighted by molar-refractivity contribution is 6.35. The van der Waals surface area contributed by atoms with Crippen LogP contribution >= 0.6 is 11.6 Å². The van der Waals surface area contributed by atoms with Crippen LogP contribution in [0, 0.1) is 22.7 Å². The minimum Gasteiger partial charge on any atom is -0.496 e. The van der Waals surface area contributed by atoms with Crippen molar-refractivity contribution in [3.05, 3.63) is 28.9 Å². The van der Waals surface area contributed by atoms with Gasteiger partial charge < -0.3 is 25.5 Å². The second kappa shape index (κ2) is 11.2. The number of benzene rings is 1. The zero-order valence-corrected chi connectivity index (χ0v) is 24.3. The molecule has 40 heavy (non-hydrogen) atoms. The van der Waals surface area contributed by atoms with E-state index in [1.54, 1.807) is 19.2 Å². The molecular formula is C30H40ClN5O4. The predicted molar refractivity (Wildman–Crippen MR) is 153 cm³/mol. The van der Waals surface area contributed by atoms with E-state index in [1.165, 1.54) is 6.42 Å². The van der Waals surface area contributed by atoms with Crippen LogP contribution in [0.2, 0.25) is 5.02 Å². The van der Waals surface area contributed by atoms with Crippen LogP contribution in [-0.4, -0.2) is 58.1 Å². The minimum atomic E-state index is -1.07. The summed E-state index contributed by atoms with van der Waals surface area (Å²) in [6.45, 7) is 4.57. The van der Waals surface area contributed by atoms with Crippen molar-refractivity contribution in [3.63, 3.8) is 0 Å². The zero-order chi connectivity index (χ0) is 28.7. The number of nitriles is 1. The van der Waals surface area contributed by atoms with Crippen LogP contribution in [0.25, 0.3) is 10.9 Å². The molecule has 5 rings (SSSR count). The average molecular weight is 570 g/mol. The number of hydrogen-bond acceptors (Lipinski definition) is 6. The number of carbonyl (C=O) groups is 2. The fourth-order valence-corrected chi connectivity index (χ4v) is 7.23. The quantitative estimate of drug-likeness (QED) is 0.387. The number of fused-ring (bicyclic) bond motifs is 1. The second-order valence-electron chi connectivity index (χ2n) is 12.6. The molecule has 2 amide bonds. The smallest absolute Gasteiger partial charge is 0.238 e. The Balaban J connectivity index is 1.37. The summed E-state index contributed by atoms with van der Waals surface area (Å²) in [5.74, 6) is -0.0337. The van der Waals surface area contributed by atoms with E-state index in [-0.39, 0.29) is 35.1 Å². The Bertz CT molecular complexity index is 1310. The lowest BCUT2D eigenvalue weighted by molar-refractivity contribution is -0.132. The molecule has 216 valence electrons. The summed E-state index contributed by atoms with van der Waals surface area (Å²) < 4.78 is 5.49. The molecule has 2 saturated heterocycles. The Morgan fingerprint density at radius 3 is 2.73 bits per heavy atom. The number of aliphatic hydroxyl groups excluding tert-OH is 1. The Labute approximate surface area is 240 Å². The largest absolute Gasteiger partial charge is 0.496 e. The van der Waals surface area contributed by atoms with Gasteiger partial charge in [0.2, 0.25) is 11.8 Å². The highest BCUT2D eigenvalue weighted by Gasteiger charge is 2.49. The number of methoxy groups -OCH3 is 1. The SMILES string of the molecule is COc1ccc(Cl)c2[nH]c(C(O)N3CC4(CCCCC4)CC3C(=O)NC(C#N)CC3CCC(C)(C)NC3=O)cc12. The fraction of sp³-hybridized carbons (Fsp3) is 0.633. The van der Waals surface area contributed by atoms with E-state index in [1.807, 2.05) is 24.8 Å².